The molecule has 202 valence electrons. The second-order valence-electron chi connectivity index (χ2n) is 10.5. The van der Waals surface area contributed by atoms with Gasteiger partial charge in [-0.2, -0.15) is 0 Å². The lowest BCUT2D eigenvalue weighted by molar-refractivity contribution is -0.122. The lowest BCUT2D eigenvalue weighted by atomic mass is 9.55. The quantitative estimate of drug-likeness (QED) is 0.280. The van der Waals surface area contributed by atoms with Crippen LogP contribution in [0.5, 0.6) is 0 Å². The second kappa shape index (κ2) is 9.52. The average Bonchev–Trinajstić information content (AvgIpc) is 3.27. The Hall–Kier alpha value is -5.11. The van der Waals surface area contributed by atoms with E-state index in [1.54, 1.807) is 12.1 Å². The van der Waals surface area contributed by atoms with Crippen LogP contribution in [0.1, 0.15) is 44.4 Å². The fraction of sp³-hybridized carbons (Fsp3) is 0.152. The number of ether oxygens (including phenoxy) is 1. The van der Waals surface area contributed by atoms with Gasteiger partial charge in [-0.15, -0.1) is 0 Å². The molecule has 8 rings (SSSR count). The largest absolute Gasteiger partial charge is 0.452 e. The van der Waals surface area contributed by atoms with Crippen molar-refractivity contribution in [3.63, 3.8) is 0 Å². The summed E-state index contributed by atoms with van der Waals surface area (Å²) in [6.07, 6.45) is 0. The summed E-state index contributed by atoms with van der Waals surface area (Å²) < 4.78 is 18.3. The molecular formula is C33H23FN2O5. The van der Waals surface area contributed by atoms with E-state index in [4.69, 9.17) is 4.74 Å². The molecule has 2 bridgehead atoms. The maximum atomic E-state index is 14.0. The summed E-state index contributed by atoms with van der Waals surface area (Å²) in [5.74, 6) is -3.93. The molecule has 7 nitrogen and oxygen atoms in total. The molecular weight excluding hydrogens is 523 g/mol. The Balaban J connectivity index is 1.13. The van der Waals surface area contributed by atoms with Gasteiger partial charge in [0.1, 0.15) is 5.82 Å². The Labute approximate surface area is 234 Å². The zero-order chi connectivity index (χ0) is 28.2. The second-order valence-corrected chi connectivity index (χ2v) is 10.5. The maximum Gasteiger partial charge on any atom is 0.338 e. The van der Waals surface area contributed by atoms with Crippen LogP contribution in [-0.2, 0) is 19.1 Å². The molecule has 0 unspecified atom stereocenters. The normalized spacial score (nSPS) is 21.6. The van der Waals surface area contributed by atoms with E-state index in [1.807, 2.05) is 48.5 Å². The van der Waals surface area contributed by atoms with Gasteiger partial charge in [-0.3, -0.25) is 14.4 Å². The molecule has 1 heterocycles. The first-order valence-corrected chi connectivity index (χ1v) is 13.3. The van der Waals surface area contributed by atoms with Crippen molar-refractivity contribution in [1.82, 2.24) is 0 Å². The van der Waals surface area contributed by atoms with E-state index in [0.717, 1.165) is 22.3 Å². The number of amides is 3. The van der Waals surface area contributed by atoms with Crippen LogP contribution in [0.2, 0.25) is 0 Å². The Morgan fingerprint density at radius 3 is 1.80 bits per heavy atom. The van der Waals surface area contributed by atoms with Gasteiger partial charge in [0.15, 0.2) is 6.61 Å². The Morgan fingerprint density at radius 2 is 1.27 bits per heavy atom. The first kappa shape index (κ1) is 24.9. The highest BCUT2D eigenvalue weighted by atomic mass is 19.1. The lowest BCUT2D eigenvalue weighted by Gasteiger charge is -2.45. The van der Waals surface area contributed by atoms with Gasteiger partial charge in [-0.05, 0) is 64.7 Å². The van der Waals surface area contributed by atoms with E-state index in [9.17, 15) is 23.6 Å². The van der Waals surface area contributed by atoms with Gasteiger partial charge in [-0.25, -0.2) is 14.1 Å². The standard InChI is InChI=1S/C33H23FN2O5/c34-19-12-14-20(15-13-19)35-26(37)17-41-33(40)18-6-5-7-21(16-18)36-31(38)29-27-22-8-1-2-9-23(22)28(30(29)32(36)39)25-11-4-3-10-24(25)27/h1-16,27-30H,17H2,(H,35,37)/t27?,28?,29-,30-/m1/s1. The van der Waals surface area contributed by atoms with Crippen molar-refractivity contribution in [1.29, 1.82) is 0 Å². The SMILES string of the molecule is O=C(COC(=O)c1cccc(N2C(=O)[C@@H]3C4c5ccccc5C(c5ccccc54)[C@H]3C2=O)c1)Nc1ccc(F)cc1. The molecule has 4 aliphatic rings. The summed E-state index contributed by atoms with van der Waals surface area (Å²) in [7, 11) is 0. The van der Waals surface area contributed by atoms with Crippen LogP contribution >= 0.6 is 0 Å². The van der Waals surface area contributed by atoms with Crippen molar-refractivity contribution in [2.24, 2.45) is 11.8 Å². The molecule has 1 saturated heterocycles. The first-order chi connectivity index (χ1) is 19.9. The fourth-order valence-corrected chi connectivity index (χ4v) is 6.65. The number of nitrogens with one attached hydrogen (secondary N) is 1. The van der Waals surface area contributed by atoms with Gasteiger partial charge >= 0.3 is 5.97 Å². The van der Waals surface area contributed by atoms with Gasteiger partial charge in [-0.1, -0.05) is 54.6 Å². The Bertz CT molecular complexity index is 1640. The van der Waals surface area contributed by atoms with Crippen molar-refractivity contribution < 1.29 is 28.3 Å². The van der Waals surface area contributed by atoms with E-state index in [-0.39, 0.29) is 34.9 Å². The van der Waals surface area contributed by atoms with E-state index >= 15 is 0 Å². The molecule has 0 aromatic heterocycles. The average molecular weight is 547 g/mol. The van der Waals surface area contributed by atoms with Crippen molar-refractivity contribution in [3.8, 4) is 0 Å². The topological polar surface area (TPSA) is 92.8 Å². The number of hydrogen-bond donors (Lipinski definition) is 1. The number of anilines is 2. The third-order valence-corrected chi connectivity index (χ3v) is 8.25. The molecule has 0 radical (unpaired) electrons. The van der Waals surface area contributed by atoms with Gasteiger partial charge in [0.2, 0.25) is 11.8 Å². The Kier molecular flexibility index (Phi) is 5.78. The molecule has 41 heavy (non-hydrogen) atoms. The number of carbonyl (C=O) groups is 4. The molecule has 1 fully saturated rings. The van der Waals surface area contributed by atoms with Crippen LogP contribution < -0.4 is 10.2 Å². The molecule has 1 aliphatic heterocycles. The molecule has 4 aromatic rings. The number of benzene rings is 4. The molecule has 3 aliphatic carbocycles. The summed E-state index contributed by atoms with van der Waals surface area (Å²) in [6.45, 7) is -0.563. The van der Waals surface area contributed by atoms with Crippen molar-refractivity contribution in [2.75, 3.05) is 16.8 Å². The summed E-state index contributed by atoms with van der Waals surface area (Å²) in [5.41, 5.74) is 5.07. The maximum absolute atomic E-state index is 14.0. The van der Waals surface area contributed by atoms with Gasteiger partial charge in [0, 0.05) is 17.5 Å². The number of halogens is 1. The van der Waals surface area contributed by atoms with Gasteiger partial charge < -0.3 is 10.1 Å². The van der Waals surface area contributed by atoms with Crippen LogP contribution in [0, 0.1) is 17.7 Å². The fourth-order valence-electron chi connectivity index (χ4n) is 6.65. The van der Waals surface area contributed by atoms with E-state index in [0.29, 0.717) is 5.69 Å². The predicted octanol–water partition coefficient (Wildman–Crippen LogP) is 5.02. The summed E-state index contributed by atoms with van der Waals surface area (Å²) in [4.78, 5) is 54.1. The number of esters is 1. The first-order valence-electron chi connectivity index (χ1n) is 13.3. The van der Waals surface area contributed by atoms with E-state index in [1.165, 1.54) is 41.3 Å². The highest BCUT2D eigenvalue weighted by Gasteiger charge is 2.61. The van der Waals surface area contributed by atoms with E-state index < -0.39 is 36.1 Å². The number of carbonyl (C=O) groups excluding carboxylic acids is 4. The lowest BCUT2D eigenvalue weighted by Crippen LogP contribution is -2.41. The van der Waals surface area contributed by atoms with Crippen LogP contribution in [0.25, 0.3) is 0 Å². The minimum absolute atomic E-state index is 0.0992. The minimum Gasteiger partial charge on any atom is -0.452 e. The molecule has 8 heteroatoms. The van der Waals surface area contributed by atoms with Crippen LogP contribution in [-0.4, -0.2) is 30.3 Å². The van der Waals surface area contributed by atoms with Crippen LogP contribution in [0.3, 0.4) is 0 Å². The third-order valence-electron chi connectivity index (χ3n) is 8.25. The third kappa shape index (κ3) is 3.94. The van der Waals surface area contributed by atoms with Crippen LogP contribution in [0.4, 0.5) is 15.8 Å². The van der Waals surface area contributed by atoms with Gasteiger partial charge in [0.05, 0.1) is 23.1 Å². The van der Waals surface area contributed by atoms with Crippen molar-refractivity contribution >= 4 is 35.1 Å². The molecule has 3 amide bonds. The van der Waals surface area contributed by atoms with Crippen LogP contribution in [0.15, 0.2) is 97.1 Å². The molecule has 2 atom stereocenters. The highest BCUT2D eigenvalue weighted by Crippen LogP contribution is 2.61. The number of hydrogen-bond acceptors (Lipinski definition) is 5. The zero-order valence-corrected chi connectivity index (χ0v) is 21.6. The highest BCUT2D eigenvalue weighted by molar-refractivity contribution is 6.23. The molecule has 1 N–H and O–H groups in total. The van der Waals surface area contributed by atoms with Crippen molar-refractivity contribution in [2.45, 2.75) is 11.8 Å². The summed E-state index contributed by atoms with van der Waals surface area (Å²) in [5, 5.41) is 2.52. The number of imide groups is 1. The summed E-state index contributed by atoms with van der Waals surface area (Å²) >= 11 is 0. The number of rotatable bonds is 5. The van der Waals surface area contributed by atoms with Crippen molar-refractivity contribution in [3.05, 3.63) is 131 Å². The number of nitrogens with zero attached hydrogens (tertiary/aromatic N) is 1. The minimum atomic E-state index is -0.780. The van der Waals surface area contributed by atoms with E-state index in [2.05, 4.69) is 5.32 Å². The summed E-state index contributed by atoms with van der Waals surface area (Å²) in [6, 6.07) is 27.3. The predicted molar refractivity (Wildman–Crippen MR) is 148 cm³/mol. The monoisotopic (exact) mass is 546 g/mol. The Morgan fingerprint density at radius 1 is 0.732 bits per heavy atom. The smallest absolute Gasteiger partial charge is 0.338 e. The molecule has 0 spiro atoms. The van der Waals surface area contributed by atoms with Gasteiger partial charge in [0.25, 0.3) is 5.91 Å². The molecule has 0 saturated carbocycles. The zero-order valence-electron chi connectivity index (χ0n) is 21.6. The molecule has 4 aromatic carbocycles.